The van der Waals surface area contributed by atoms with Crippen LogP contribution in [0.2, 0.25) is 0 Å². The number of aryl methyl sites for hydroxylation is 2. The topological polar surface area (TPSA) is 217 Å². The summed E-state index contributed by atoms with van der Waals surface area (Å²) in [5.41, 5.74) is 21.4. The molecule has 7 rings (SSSR count). The van der Waals surface area contributed by atoms with E-state index in [0.717, 1.165) is 116 Å². The highest BCUT2D eigenvalue weighted by molar-refractivity contribution is 7.16. The number of likely N-dealkylation sites (tertiary alicyclic amines) is 1. The Labute approximate surface area is 459 Å². The second-order valence-electron chi connectivity index (χ2n) is 21.9. The predicted molar refractivity (Wildman–Crippen MR) is 308 cm³/mol. The number of nitrogens with one attached hydrogen (secondary N) is 2. The van der Waals surface area contributed by atoms with Crippen LogP contribution in [-0.2, 0) is 37.5 Å². The number of aliphatic hydroxyl groups excluding tert-OH is 1. The molecule has 5 atom stereocenters. The van der Waals surface area contributed by atoms with Gasteiger partial charge in [0.25, 0.3) is 0 Å². The number of hydrogen-bond donors (Lipinski definition) is 5. The third-order valence-electron chi connectivity index (χ3n) is 16.0. The van der Waals surface area contributed by atoms with Gasteiger partial charge in [-0.25, -0.2) is 15.0 Å². The summed E-state index contributed by atoms with van der Waals surface area (Å²) in [6.45, 7) is 21.3. The molecule has 0 radical (unpaired) electrons. The Hall–Kier alpha value is -5.65. The SMILES string of the molecule is CC/C(CC(=N)c1ccnc(N2CCCN(CCCCCCOC(N)=CC(=O)C(C(=O)N3CCC[C@H]3C(=O)NCc3ccc(-c4scnc4C)cc3)C(C)C)C[C@@H]2C)n1)=C(/O)[C@@]1(C)CCCc2sc(N)c(C(C)CC)c21. The zero-order chi connectivity index (χ0) is 54.7. The number of nitrogens with zero attached hydrogens (tertiary/aromatic N) is 6. The average molecular weight is 1080 g/mol. The third-order valence-corrected chi connectivity index (χ3v) is 18.1. The van der Waals surface area contributed by atoms with E-state index in [2.05, 4.69) is 54.7 Å². The second kappa shape index (κ2) is 26.6. The first-order chi connectivity index (χ1) is 36.4. The van der Waals surface area contributed by atoms with E-state index in [1.165, 1.54) is 22.1 Å². The van der Waals surface area contributed by atoms with Crippen molar-refractivity contribution in [3.63, 3.8) is 0 Å². The van der Waals surface area contributed by atoms with Crippen molar-refractivity contribution < 1.29 is 24.2 Å². The van der Waals surface area contributed by atoms with Gasteiger partial charge in [-0.15, -0.1) is 22.7 Å². The van der Waals surface area contributed by atoms with E-state index in [4.69, 9.17) is 26.2 Å². The number of nitrogen functional groups attached to an aromatic ring is 1. The molecule has 5 heterocycles. The van der Waals surface area contributed by atoms with Gasteiger partial charge in [-0.2, -0.15) is 0 Å². The molecular weight excluding hydrogens is 993 g/mol. The molecule has 0 spiro atoms. The van der Waals surface area contributed by atoms with Gasteiger partial charge in [0.2, 0.25) is 17.8 Å². The summed E-state index contributed by atoms with van der Waals surface area (Å²) in [6.07, 6.45) is 13.7. The van der Waals surface area contributed by atoms with Crippen LogP contribution in [0.4, 0.5) is 10.9 Å². The average Bonchev–Trinajstić information content (AvgIpc) is 4.16. The number of carbonyl (C=O) groups is 3. The smallest absolute Gasteiger partial charge is 0.243 e. The summed E-state index contributed by atoms with van der Waals surface area (Å²) in [5, 5.41) is 25.3. The molecule has 412 valence electrons. The summed E-state index contributed by atoms with van der Waals surface area (Å²) < 4.78 is 5.78. The van der Waals surface area contributed by atoms with Gasteiger partial charge in [0.1, 0.15) is 17.7 Å². The van der Waals surface area contributed by atoms with Crippen LogP contribution in [0.25, 0.3) is 10.4 Å². The fourth-order valence-electron chi connectivity index (χ4n) is 11.6. The number of amides is 2. The van der Waals surface area contributed by atoms with Gasteiger partial charge in [-0.1, -0.05) is 71.7 Å². The molecule has 1 aromatic carbocycles. The number of benzene rings is 1. The van der Waals surface area contributed by atoms with Gasteiger partial charge in [0.05, 0.1) is 44.5 Å². The highest BCUT2D eigenvalue weighted by Gasteiger charge is 2.43. The summed E-state index contributed by atoms with van der Waals surface area (Å²) in [7, 11) is 0. The molecule has 2 amide bonds. The van der Waals surface area contributed by atoms with Gasteiger partial charge in [0.15, 0.2) is 11.7 Å². The van der Waals surface area contributed by atoms with Gasteiger partial charge in [-0.3, -0.25) is 14.4 Å². The predicted octanol–water partition coefficient (Wildman–Crippen LogP) is 10.8. The summed E-state index contributed by atoms with van der Waals surface area (Å²) in [4.78, 5) is 63.7. The lowest BCUT2D eigenvalue weighted by Crippen LogP contribution is -2.49. The molecule has 76 heavy (non-hydrogen) atoms. The van der Waals surface area contributed by atoms with Crippen molar-refractivity contribution >= 4 is 56.9 Å². The number of aliphatic hydroxyl groups is 1. The van der Waals surface area contributed by atoms with E-state index >= 15 is 0 Å². The first-order valence-electron chi connectivity index (χ1n) is 27.9. The molecule has 2 aliphatic heterocycles. The van der Waals surface area contributed by atoms with Crippen LogP contribution in [0.3, 0.4) is 0 Å². The number of unbranched alkanes of at least 4 members (excludes halogenated alkanes) is 3. The second-order valence-corrected chi connectivity index (χ2v) is 23.9. The lowest BCUT2D eigenvalue weighted by atomic mass is 9.68. The maximum atomic E-state index is 13.9. The van der Waals surface area contributed by atoms with Gasteiger partial charge < -0.3 is 46.7 Å². The van der Waals surface area contributed by atoms with E-state index < -0.39 is 23.2 Å². The number of aromatic nitrogens is 3. The van der Waals surface area contributed by atoms with Crippen molar-refractivity contribution in [2.45, 2.75) is 169 Å². The van der Waals surface area contributed by atoms with Crippen LogP contribution in [0, 0.1) is 24.2 Å². The Kier molecular flexibility index (Phi) is 20.3. The Morgan fingerprint density at radius 1 is 1.03 bits per heavy atom. The number of hydrogen-bond acceptors (Lipinski definition) is 15. The standard InChI is InChI=1S/C59H84N10O5S2/c1-9-38(5)51-52-48(76-55(51)62)19-15-25-59(52,8)54(71)42(10-2)32-44(60)45-24-26-63-58(66-45)68-30-17-28-67(35-39(68)6)27-13-11-12-14-31-74-49(61)33-47(70)50(37(3)4)57(73)69-29-16-18-46(69)56(72)64-34-41-20-22-43(23-21-41)53-40(7)65-36-75-53/h20-24,26,33,36-39,46,50,60,71H,9-19,25,27-32,34-35,61-62H2,1-8H3,(H,64,72)/b49-33?,54-42-,60-44?/t38?,39-,46-,50?,59-/m0/s1. The molecular formula is C59H84N10O5S2. The number of rotatable bonds is 24. The zero-order valence-corrected chi connectivity index (χ0v) is 48.0. The Bertz CT molecular complexity index is 2710. The van der Waals surface area contributed by atoms with Crippen LogP contribution < -0.4 is 21.7 Å². The van der Waals surface area contributed by atoms with E-state index in [1.54, 1.807) is 33.8 Å². The zero-order valence-electron chi connectivity index (χ0n) is 46.4. The van der Waals surface area contributed by atoms with Crippen molar-refractivity contribution in [1.29, 1.82) is 5.41 Å². The lowest BCUT2D eigenvalue weighted by molar-refractivity contribution is -0.146. The minimum atomic E-state index is -0.974. The molecule has 17 heteroatoms. The first kappa shape index (κ1) is 58.0. The molecule has 3 aliphatic rings. The van der Waals surface area contributed by atoms with Crippen LogP contribution >= 0.6 is 22.7 Å². The Morgan fingerprint density at radius 2 is 1.79 bits per heavy atom. The third kappa shape index (κ3) is 13.7. The number of thiophene rings is 1. The molecule has 1 aliphatic carbocycles. The number of nitrogens with two attached hydrogens (primary N) is 2. The molecule has 3 aromatic heterocycles. The van der Waals surface area contributed by atoms with Crippen molar-refractivity contribution in [2.24, 2.45) is 17.6 Å². The van der Waals surface area contributed by atoms with Crippen LogP contribution in [0.5, 0.6) is 0 Å². The summed E-state index contributed by atoms with van der Waals surface area (Å²) in [6, 6.07) is 9.39. The summed E-state index contributed by atoms with van der Waals surface area (Å²) >= 11 is 3.28. The first-order valence-corrected chi connectivity index (χ1v) is 29.6. The molecule has 0 bridgehead atoms. The highest BCUT2D eigenvalue weighted by Crippen LogP contribution is 2.52. The Balaban J connectivity index is 0.833. The van der Waals surface area contributed by atoms with Crippen LogP contribution in [0.15, 0.2) is 65.3 Å². The molecule has 15 nitrogen and oxygen atoms in total. The number of ether oxygens (including phenoxy) is 1. The fourth-order valence-corrected chi connectivity index (χ4v) is 13.7. The van der Waals surface area contributed by atoms with Crippen molar-refractivity contribution in [3.8, 4) is 10.4 Å². The molecule has 4 aromatic rings. The molecule has 2 saturated heterocycles. The molecule has 2 unspecified atom stereocenters. The maximum absolute atomic E-state index is 13.9. The molecule has 0 saturated carbocycles. The van der Waals surface area contributed by atoms with Gasteiger partial charge in [0, 0.05) is 55.8 Å². The quantitative estimate of drug-likeness (QED) is 0.0146. The Morgan fingerprint density at radius 3 is 2.50 bits per heavy atom. The van der Waals surface area contributed by atoms with E-state index in [-0.39, 0.29) is 29.7 Å². The summed E-state index contributed by atoms with van der Waals surface area (Å²) in [5.74, 6) is -0.941. The van der Waals surface area contributed by atoms with E-state index in [0.29, 0.717) is 74.4 Å². The van der Waals surface area contributed by atoms with Crippen molar-refractivity contribution in [3.05, 3.63) is 98.3 Å². The highest BCUT2D eigenvalue weighted by atomic mass is 32.1. The number of ketones is 1. The molecule has 2 fully saturated rings. The van der Waals surface area contributed by atoms with Gasteiger partial charge >= 0.3 is 0 Å². The minimum absolute atomic E-state index is 0.00430. The largest absolute Gasteiger partial charge is 0.511 e. The van der Waals surface area contributed by atoms with Gasteiger partial charge in [-0.05, 0) is 144 Å². The fraction of sp³-hybridized carbons (Fsp3) is 0.576. The number of allylic oxidation sites excluding steroid dienone is 3. The molecule has 7 N–H and O–H groups in total. The number of anilines is 2. The number of carbonyl (C=O) groups excluding carboxylic acids is 3. The number of thiazole rings is 1. The lowest BCUT2D eigenvalue weighted by Gasteiger charge is -2.37. The van der Waals surface area contributed by atoms with E-state index in [9.17, 15) is 24.9 Å². The van der Waals surface area contributed by atoms with Crippen LogP contribution in [0.1, 0.15) is 164 Å². The minimum Gasteiger partial charge on any atom is -0.511 e. The van der Waals surface area contributed by atoms with E-state index in [1.807, 2.05) is 56.6 Å². The maximum Gasteiger partial charge on any atom is 0.243 e. The monoisotopic (exact) mass is 1080 g/mol. The van der Waals surface area contributed by atoms with Crippen molar-refractivity contribution in [1.82, 2.24) is 30.1 Å². The number of fused-ring (bicyclic) bond motifs is 1. The van der Waals surface area contributed by atoms with Crippen LogP contribution in [-0.4, -0.2) is 105 Å². The van der Waals surface area contributed by atoms with Crippen molar-refractivity contribution in [2.75, 3.05) is 50.0 Å². The normalized spacial score (nSPS) is 20.5.